The Hall–Kier alpha value is -1.99. The van der Waals surface area contributed by atoms with E-state index in [0.717, 1.165) is 50.4 Å². The molecule has 2 aliphatic heterocycles. The Morgan fingerprint density at radius 2 is 2.03 bits per heavy atom. The van der Waals surface area contributed by atoms with Gasteiger partial charge in [0.1, 0.15) is 5.82 Å². The van der Waals surface area contributed by atoms with Gasteiger partial charge < -0.3 is 9.88 Å². The molecule has 30 heavy (non-hydrogen) atoms. The maximum atomic E-state index is 12.8. The average molecular weight is 429 g/mol. The summed E-state index contributed by atoms with van der Waals surface area (Å²) in [5, 5.41) is 0. The van der Waals surface area contributed by atoms with E-state index < -0.39 is 0 Å². The predicted octanol–water partition coefficient (Wildman–Crippen LogP) is 3.51. The van der Waals surface area contributed by atoms with Crippen LogP contribution in [0.3, 0.4) is 0 Å². The minimum Gasteiger partial charge on any atom is -0.338 e. The van der Waals surface area contributed by atoms with Crippen molar-refractivity contribution >= 4 is 17.2 Å². The van der Waals surface area contributed by atoms with Crippen molar-refractivity contribution in [3.8, 4) is 0 Å². The van der Waals surface area contributed by atoms with Crippen LogP contribution in [0.15, 0.2) is 10.9 Å². The van der Waals surface area contributed by atoms with Crippen molar-refractivity contribution < 1.29 is 4.79 Å². The van der Waals surface area contributed by atoms with Crippen molar-refractivity contribution in [3.05, 3.63) is 48.8 Å². The summed E-state index contributed by atoms with van der Waals surface area (Å²) in [6, 6.07) is 2.31. The summed E-state index contributed by atoms with van der Waals surface area (Å²) >= 11 is 1.87. The number of nitrogens with one attached hydrogen (secondary N) is 1. The zero-order chi connectivity index (χ0) is 21.3. The zero-order valence-electron chi connectivity index (χ0n) is 18.3. The van der Waals surface area contributed by atoms with Gasteiger partial charge in [-0.15, -0.1) is 11.3 Å². The number of hydrogen-bond acceptors (Lipinski definition) is 5. The minimum absolute atomic E-state index is 0.0594. The second-order valence-electron chi connectivity index (χ2n) is 8.68. The van der Waals surface area contributed by atoms with Gasteiger partial charge in [0.15, 0.2) is 0 Å². The summed E-state index contributed by atoms with van der Waals surface area (Å²) in [5.41, 5.74) is 2.95. The van der Waals surface area contributed by atoms with E-state index in [2.05, 4.69) is 29.8 Å². The fraction of sp³-hybridized carbons (Fsp3) is 0.609. The molecule has 2 aromatic rings. The molecule has 1 amide bonds. The van der Waals surface area contributed by atoms with Crippen LogP contribution < -0.4 is 5.56 Å². The number of rotatable bonds is 5. The molecule has 4 heterocycles. The summed E-state index contributed by atoms with van der Waals surface area (Å²) in [6.07, 6.45) is 4.09. The van der Waals surface area contributed by atoms with E-state index in [9.17, 15) is 9.59 Å². The molecule has 2 aliphatic rings. The maximum Gasteiger partial charge on any atom is 0.256 e. The molecule has 1 N–H and O–H groups in total. The first-order valence-corrected chi connectivity index (χ1v) is 11.9. The number of nitrogens with zero attached hydrogens (tertiary/aromatic N) is 3. The number of thiophene rings is 1. The molecule has 4 rings (SSSR count). The summed E-state index contributed by atoms with van der Waals surface area (Å²) < 4.78 is 0. The second-order valence-corrected chi connectivity index (χ2v) is 10.1. The Bertz CT molecular complexity index is 972. The van der Waals surface area contributed by atoms with E-state index in [4.69, 9.17) is 4.98 Å². The monoisotopic (exact) mass is 428 g/mol. The van der Waals surface area contributed by atoms with Crippen molar-refractivity contribution in [1.29, 1.82) is 0 Å². The Morgan fingerprint density at radius 1 is 1.27 bits per heavy atom. The van der Waals surface area contributed by atoms with Crippen molar-refractivity contribution in [3.63, 3.8) is 0 Å². The predicted molar refractivity (Wildman–Crippen MR) is 120 cm³/mol. The average Bonchev–Trinajstić information content (AvgIpc) is 3.05. The smallest absolute Gasteiger partial charge is 0.256 e. The molecule has 0 bridgehead atoms. The van der Waals surface area contributed by atoms with Gasteiger partial charge in [-0.3, -0.25) is 14.5 Å². The Morgan fingerprint density at radius 3 is 2.70 bits per heavy atom. The van der Waals surface area contributed by atoms with Gasteiger partial charge in [0.2, 0.25) is 5.91 Å². The summed E-state index contributed by atoms with van der Waals surface area (Å²) in [6.45, 7) is 10.5. The molecule has 1 fully saturated rings. The summed E-state index contributed by atoms with van der Waals surface area (Å²) in [7, 11) is 0. The standard InChI is InChI=1S/C23H32N4O2S/c1-4-5-21(28)27-11-8-20-19(14-27)23(29)25-22(24-20)17-6-9-26(10-7-17)13-18-12-15(2)30-16(18)3/h12,17H,4-11,13-14H2,1-3H3,(H,24,25,29). The van der Waals surface area contributed by atoms with E-state index >= 15 is 0 Å². The molecule has 0 radical (unpaired) electrons. The number of carbonyl (C=O) groups excluding carboxylic acids is 1. The molecule has 1 saturated heterocycles. The number of carbonyl (C=O) groups is 1. The molecular formula is C23H32N4O2S. The van der Waals surface area contributed by atoms with Crippen LogP contribution in [0.25, 0.3) is 0 Å². The highest BCUT2D eigenvalue weighted by atomic mass is 32.1. The lowest BCUT2D eigenvalue weighted by Gasteiger charge is -2.32. The molecule has 0 unspecified atom stereocenters. The van der Waals surface area contributed by atoms with Crippen LogP contribution in [0.5, 0.6) is 0 Å². The van der Waals surface area contributed by atoms with Crippen LogP contribution in [-0.2, 0) is 24.3 Å². The van der Waals surface area contributed by atoms with E-state index in [0.29, 0.717) is 37.4 Å². The van der Waals surface area contributed by atoms with Crippen LogP contribution >= 0.6 is 11.3 Å². The highest BCUT2D eigenvalue weighted by Gasteiger charge is 2.27. The molecule has 7 heteroatoms. The lowest BCUT2D eigenvalue weighted by atomic mass is 9.95. The van der Waals surface area contributed by atoms with Crippen molar-refractivity contribution in [2.24, 2.45) is 0 Å². The van der Waals surface area contributed by atoms with Crippen LogP contribution in [0.2, 0.25) is 0 Å². The van der Waals surface area contributed by atoms with Crippen molar-refractivity contribution in [2.75, 3.05) is 19.6 Å². The third-order valence-electron chi connectivity index (χ3n) is 6.42. The number of aryl methyl sites for hydroxylation is 2. The van der Waals surface area contributed by atoms with Crippen molar-refractivity contribution in [1.82, 2.24) is 19.8 Å². The second kappa shape index (κ2) is 9.02. The molecule has 2 aromatic heterocycles. The number of piperidine rings is 1. The first kappa shape index (κ1) is 21.2. The van der Waals surface area contributed by atoms with Crippen LogP contribution in [-0.4, -0.2) is 45.3 Å². The van der Waals surface area contributed by atoms with Gasteiger partial charge in [-0.1, -0.05) is 6.92 Å². The Balaban J connectivity index is 1.40. The van der Waals surface area contributed by atoms with Gasteiger partial charge in [-0.05, 0) is 57.8 Å². The van der Waals surface area contributed by atoms with Crippen LogP contribution in [0, 0.1) is 13.8 Å². The van der Waals surface area contributed by atoms with Crippen LogP contribution in [0.1, 0.15) is 70.9 Å². The van der Waals surface area contributed by atoms with E-state index in [1.54, 1.807) is 4.90 Å². The number of aromatic nitrogens is 2. The van der Waals surface area contributed by atoms with Gasteiger partial charge in [-0.2, -0.15) is 0 Å². The normalized spacial score (nSPS) is 17.9. The zero-order valence-corrected chi connectivity index (χ0v) is 19.1. The maximum absolute atomic E-state index is 12.8. The molecule has 0 saturated carbocycles. The molecule has 0 aliphatic carbocycles. The topological polar surface area (TPSA) is 69.3 Å². The number of hydrogen-bond donors (Lipinski definition) is 1. The molecule has 0 atom stereocenters. The van der Waals surface area contributed by atoms with Gasteiger partial charge in [-0.25, -0.2) is 4.98 Å². The highest BCUT2D eigenvalue weighted by molar-refractivity contribution is 7.12. The van der Waals surface area contributed by atoms with Gasteiger partial charge in [0.25, 0.3) is 5.56 Å². The molecule has 0 spiro atoms. The number of amides is 1. The largest absolute Gasteiger partial charge is 0.338 e. The Labute approximate surface area is 182 Å². The Kier molecular flexibility index (Phi) is 6.39. The number of fused-ring (bicyclic) bond motifs is 1. The molecular weight excluding hydrogens is 396 g/mol. The van der Waals surface area contributed by atoms with Crippen molar-refractivity contribution in [2.45, 2.75) is 71.9 Å². The SMILES string of the molecule is CCCC(=O)N1CCc2nc(C3CCN(Cc4cc(C)sc4C)CC3)[nH]c(=O)c2C1. The third-order valence-corrected chi connectivity index (χ3v) is 7.42. The fourth-order valence-electron chi connectivity index (χ4n) is 4.67. The van der Waals surface area contributed by atoms with Crippen LogP contribution in [0.4, 0.5) is 0 Å². The van der Waals surface area contributed by atoms with Gasteiger partial charge in [0.05, 0.1) is 17.8 Å². The van der Waals surface area contributed by atoms with Gasteiger partial charge in [0, 0.05) is 41.6 Å². The highest BCUT2D eigenvalue weighted by Crippen LogP contribution is 2.29. The van der Waals surface area contributed by atoms with Gasteiger partial charge >= 0.3 is 0 Å². The quantitative estimate of drug-likeness (QED) is 0.791. The summed E-state index contributed by atoms with van der Waals surface area (Å²) in [4.78, 5) is 40.0. The lowest BCUT2D eigenvalue weighted by Crippen LogP contribution is -2.40. The van der Waals surface area contributed by atoms with E-state index in [1.165, 1.54) is 15.3 Å². The molecule has 0 aromatic carbocycles. The summed E-state index contributed by atoms with van der Waals surface area (Å²) in [5.74, 6) is 1.29. The number of aromatic amines is 1. The molecule has 6 nitrogen and oxygen atoms in total. The first-order valence-electron chi connectivity index (χ1n) is 11.1. The van der Waals surface area contributed by atoms with E-state index in [-0.39, 0.29) is 11.5 Å². The third kappa shape index (κ3) is 4.52. The van der Waals surface area contributed by atoms with E-state index in [1.807, 2.05) is 18.3 Å². The molecule has 162 valence electrons. The minimum atomic E-state index is -0.0594. The number of H-pyrrole nitrogens is 1. The first-order chi connectivity index (χ1) is 14.4. The lowest BCUT2D eigenvalue weighted by molar-refractivity contribution is -0.132. The fourth-order valence-corrected chi connectivity index (χ4v) is 5.61. The number of likely N-dealkylation sites (tertiary alicyclic amines) is 1.